The summed E-state index contributed by atoms with van der Waals surface area (Å²) >= 11 is 1.60. The predicted octanol–water partition coefficient (Wildman–Crippen LogP) is 3.72. The lowest BCUT2D eigenvalue weighted by molar-refractivity contribution is 0.262. The summed E-state index contributed by atoms with van der Waals surface area (Å²) in [6.45, 7) is 5.54. The van der Waals surface area contributed by atoms with Crippen molar-refractivity contribution in [3.63, 3.8) is 0 Å². The minimum absolute atomic E-state index is 0.497. The lowest BCUT2D eigenvalue weighted by Crippen LogP contribution is -2.26. The molecule has 0 aliphatic heterocycles. The molecule has 1 N–H and O–H groups in total. The Kier molecular flexibility index (Phi) is 5.57. The Morgan fingerprint density at radius 1 is 1.33 bits per heavy atom. The van der Waals surface area contributed by atoms with Gasteiger partial charge in [-0.3, -0.25) is 0 Å². The zero-order valence-electron chi connectivity index (χ0n) is 11.6. The molecule has 1 aromatic heterocycles. The zero-order valence-corrected chi connectivity index (χ0v) is 12.4. The van der Waals surface area contributed by atoms with Crippen LogP contribution in [0.25, 0.3) is 0 Å². The molecule has 1 saturated carbocycles. The van der Waals surface area contributed by atoms with E-state index in [0.29, 0.717) is 6.04 Å². The van der Waals surface area contributed by atoms with Gasteiger partial charge in [0.2, 0.25) is 0 Å². The molecule has 0 spiro atoms. The summed E-state index contributed by atoms with van der Waals surface area (Å²) in [5.74, 6) is 0.927. The third kappa shape index (κ3) is 3.51. The van der Waals surface area contributed by atoms with Gasteiger partial charge >= 0.3 is 0 Å². The maximum Gasteiger partial charge on any atom is 0.0803 e. The quantitative estimate of drug-likeness (QED) is 0.780. The van der Waals surface area contributed by atoms with Gasteiger partial charge in [0, 0.05) is 6.04 Å². The number of aromatic nitrogens is 2. The fourth-order valence-electron chi connectivity index (χ4n) is 2.55. The first-order valence-corrected chi connectivity index (χ1v) is 8.17. The van der Waals surface area contributed by atoms with E-state index in [0.717, 1.165) is 25.3 Å². The summed E-state index contributed by atoms with van der Waals surface area (Å²) in [7, 11) is 0. The molecule has 0 aromatic carbocycles. The van der Waals surface area contributed by atoms with Crippen LogP contribution >= 0.6 is 11.5 Å². The fourth-order valence-corrected chi connectivity index (χ4v) is 3.34. The first kappa shape index (κ1) is 13.9. The van der Waals surface area contributed by atoms with E-state index in [4.69, 9.17) is 0 Å². The third-order valence-corrected chi connectivity index (χ3v) is 4.70. The van der Waals surface area contributed by atoms with E-state index < -0.39 is 0 Å². The summed E-state index contributed by atoms with van der Waals surface area (Å²) in [6.07, 6.45) is 8.95. The Morgan fingerprint density at radius 3 is 2.78 bits per heavy atom. The van der Waals surface area contributed by atoms with Gasteiger partial charge in [-0.2, -0.15) is 0 Å². The number of hydrogen-bond donors (Lipinski definition) is 1. The van der Waals surface area contributed by atoms with Crippen LogP contribution in [0, 0.1) is 5.92 Å². The van der Waals surface area contributed by atoms with Gasteiger partial charge in [0.1, 0.15) is 0 Å². The van der Waals surface area contributed by atoms with Gasteiger partial charge < -0.3 is 5.32 Å². The van der Waals surface area contributed by atoms with Crippen molar-refractivity contribution in [2.75, 3.05) is 6.54 Å². The van der Waals surface area contributed by atoms with Gasteiger partial charge in [0.15, 0.2) is 0 Å². The molecule has 1 heterocycles. The van der Waals surface area contributed by atoms with Crippen molar-refractivity contribution in [2.24, 2.45) is 5.92 Å². The summed E-state index contributed by atoms with van der Waals surface area (Å²) < 4.78 is 4.17. The standard InChI is InChI=1S/C14H25N3S/c1-3-6-12-14(18-17-16-12)13(15-9-4-2)10-11-7-5-8-11/h11,13,15H,3-10H2,1-2H3. The van der Waals surface area contributed by atoms with Crippen LogP contribution < -0.4 is 5.32 Å². The smallest absolute Gasteiger partial charge is 0.0803 e. The highest BCUT2D eigenvalue weighted by Crippen LogP contribution is 2.36. The molecule has 1 aliphatic rings. The van der Waals surface area contributed by atoms with E-state index in [9.17, 15) is 0 Å². The Morgan fingerprint density at radius 2 is 2.17 bits per heavy atom. The molecule has 4 heteroatoms. The van der Waals surface area contributed by atoms with E-state index in [1.807, 2.05) is 0 Å². The minimum atomic E-state index is 0.497. The monoisotopic (exact) mass is 267 g/mol. The Labute approximate surface area is 115 Å². The van der Waals surface area contributed by atoms with Crippen molar-refractivity contribution < 1.29 is 0 Å². The molecule has 3 nitrogen and oxygen atoms in total. The molecule has 18 heavy (non-hydrogen) atoms. The van der Waals surface area contributed by atoms with Crippen LogP contribution in [0.4, 0.5) is 0 Å². The zero-order chi connectivity index (χ0) is 12.8. The highest BCUT2D eigenvalue weighted by atomic mass is 32.1. The molecular weight excluding hydrogens is 242 g/mol. The first-order chi connectivity index (χ1) is 8.85. The topological polar surface area (TPSA) is 37.8 Å². The first-order valence-electron chi connectivity index (χ1n) is 7.39. The molecule has 1 fully saturated rings. The largest absolute Gasteiger partial charge is 0.309 e. The number of rotatable bonds is 8. The highest BCUT2D eigenvalue weighted by Gasteiger charge is 2.25. The molecule has 102 valence electrons. The maximum atomic E-state index is 4.31. The lowest BCUT2D eigenvalue weighted by atomic mass is 9.80. The summed E-state index contributed by atoms with van der Waals surface area (Å²) in [5, 5.41) is 8.01. The minimum Gasteiger partial charge on any atom is -0.309 e. The Hall–Kier alpha value is -0.480. The molecule has 0 saturated heterocycles. The van der Waals surface area contributed by atoms with Gasteiger partial charge in [-0.25, -0.2) is 0 Å². The SMILES string of the molecule is CCCNC(CC1CCC1)c1snnc1CCC. The van der Waals surface area contributed by atoms with Crippen LogP contribution in [0.1, 0.15) is 69.0 Å². The van der Waals surface area contributed by atoms with Crippen LogP contribution in [0.2, 0.25) is 0 Å². The van der Waals surface area contributed by atoms with Crippen LogP contribution in [0.15, 0.2) is 0 Å². The summed E-state index contributed by atoms with van der Waals surface area (Å²) in [6, 6.07) is 0.497. The molecule has 0 radical (unpaired) electrons. The van der Waals surface area contributed by atoms with E-state index in [1.54, 1.807) is 11.5 Å². The molecular formula is C14H25N3S. The number of nitrogens with zero attached hydrogens (tertiary/aromatic N) is 2. The second-order valence-electron chi connectivity index (χ2n) is 5.37. The second kappa shape index (κ2) is 7.19. The predicted molar refractivity (Wildman–Crippen MR) is 76.9 cm³/mol. The molecule has 1 aromatic rings. The van der Waals surface area contributed by atoms with Crippen LogP contribution in [0.3, 0.4) is 0 Å². The second-order valence-corrected chi connectivity index (χ2v) is 6.16. The Balaban J connectivity index is 2.02. The van der Waals surface area contributed by atoms with E-state index in [-0.39, 0.29) is 0 Å². The van der Waals surface area contributed by atoms with Crippen LogP contribution in [-0.2, 0) is 6.42 Å². The van der Waals surface area contributed by atoms with Gasteiger partial charge in [-0.1, -0.05) is 44.0 Å². The average Bonchev–Trinajstić information content (AvgIpc) is 2.76. The van der Waals surface area contributed by atoms with Gasteiger partial charge in [-0.15, -0.1) is 5.10 Å². The summed E-state index contributed by atoms with van der Waals surface area (Å²) in [5.41, 5.74) is 1.23. The van der Waals surface area contributed by atoms with Gasteiger partial charge in [0.05, 0.1) is 10.6 Å². The van der Waals surface area contributed by atoms with Crippen molar-refractivity contribution in [1.29, 1.82) is 0 Å². The summed E-state index contributed by atoms with van der Waals surface area (Å²) in [4.78, 5) is 1.40. The molecule has 1 atom stereocenters. The maximum absolute atomic E-state index is 4.31. The molecule has 2 rings (SSSR count). The molecule has 0 amide bonds. The van der Waals surface area contributed by atoms with Crippen molar-refractivity contribution >= 4 is 11.5 Å². The van der Waals surface area contributed by atoms with Crippen LogP contribution in [0.5, 0.6) is 0 Å². The van der Waals surface area contributed by atoms with E-state index in [2.05, 4.69) is 28.8 Å². The van der Waals surface area contributed by atoms with E-state index >= 15 is 0 Å². The molecule has 0 bridgehead atoms. The van der Waals surface area contributed by atoms with Crippen molar-refractivity contribution in [1.82, 2.24) is 14.9 Å². The number of nitrogens with one attached hydrogen (secondary N) is 1. The van der Waals surface area contributed by atoms with Crippen molar-refractivity contribution in [3.05, 3.63) is 10.6 Å². The molecule has 1 aliphatic carbocycles. The van der Waals surface area contributed by atoms with Crippen molar-refractivity contribution in [3.8, 4) is 0 Å². The van der Waals surface area contributed by atoms with Crippen molar-refractivity contribution in [2.45, 2.75) is 64.8 Å². The number of aryl methyl sites for hydroxylation is 1. The lowest BCUT2D eigenvalue weighted by Gasteiger charge is -2.30. The van der Waals surface area contributed by atoms with Crippen LogP contribution in [-0.4, -0.2) is 16.1 Å². The third-order valence-electron chi connectivity index (χ3n) is 3.82. The van der Waals surface area contributed by atoms with Gasteiger partial charge in [0.25, 0.3) is 0 Å². The van der Waals surface area contributed by atoms with Gasteiger partial charge in [-0.05, 0) is 43.3 Å². The normalized spacial score (nSPS) is 17.7. The molecule has 1 unspecified atom stereocenters. The average molecular weight is 267 g/mol. The highest BCUT2D eigenvalue weighted by molar-refractivity contribution is 7.05. The Bertz CT molecular complexity index is 347. The van der Waals surface area contributed by atoms with E-state index in [1.165, 1.54) is 42.7 Å². The number of hydrogen-bond acceptors (Lipinski definition) is 4. The fraction of sp³-hybridized carbons (Fsp3) is 0.857.